The van der Waals surface area contributed by atoms with Crippen LogP contribution < -0.4 is 14.8 Å². The summed E-state index contributed by atoms with van der Waals surface area (Å²) in [5.41, 5.74) is 0.0896. The Hall–Kier alpha value is -4.58. The van der Waals surface area contributed by atoms with Crippen LogP contribution in [-0.2, 0) is 17.5 Å². The number of benzene rings is 3. The highest BCUT2D eigenvalue weighted by Gasteiger charge is 2.36. The van der Waals surface area contributed by atoms with Crippen LogP contribution in [0.1, 0.15) is 31.8 Å². The Labute approximate surface area is 253 Å². The third-order valence-corrected chi connectivity index (χ3v) is 7.75. The molecule has 0 spiro atoms. The fraction of sp³-hybridized carbons (Fsp3) is 0.344. The average Bonchev–Trinajstić information content (AvgIpc) is 3.03. The predicted molar refractivity (Wildman–Crippen MR) is 155 cm³/mol. The first-order chi connectivity index (χ1) is 21.1. The number of hydrogen-bond acceptors (Lipinski definition) is 6. The topological polar surface area (TPSA) is 91.4 Å². The summed E-state index contributed by atoms with van der Waals surface area (Å²) in [6, 6.07) is 18.3. The van der Waals surface area contributed by atoms with Crippen molar-refractivity contribution in [3.05, 3.63) is 95.1 Å². The molecule has 1 saturated heterocycles. The van der Waals surface area contributed by atoms with Crippen molar-refractivity contribution in [3.8, 4) is 11.5 Å². The van der Waals surface area contributed by atoms with Crippen molar-refractivity contribution in [2.75, 3.05) is 53.0 Å². The highest BCUT2D eigenvalue weighted by Crippen LogP contribution is 2.33. The summed E-state index contributed by atoms with van der Waals surface area (Å²) in [7, 11) is 1.55. The van der Waals surface area contributed by atoms with E-state index in [4.69, 9.17) is 9.47 Å². The van der Waals surface area contributed by atoms with Crippen LogP contribution in [0.3, 0.4) is 0 Å². The van der Waals surface area contributed by atoms with Crippen LogP contribution >= 0.6 is 0 Å². The van der Waals surface area contributed by atoms with Crippen molar-refractivity contribution in [2.45, 2.75) is 18.8 Å². The Morgan fingerprint density at radius 2 is 1.75 bits per heavy atom. The van der Waals surface area contributed by atoms with Gasteiger partial charge in [0.2, 0.25) is 5.91 Å². The van der Waals surface area contributed by atoms with E-state index in [1.807, 2.05) is 35.2 Å². The van der Waals surface area contributed by atoms with Crippen LogP contribution in [0.4, 0.5) is 13.2 Å². The minimum atomic E-state index is -4.66. The van der Waals surface area contributed by atoms with Crippen LogP contribution in [0.25, 0.3) is 0 Å². The van der Waals surface area contributed by atoms with Gasteiger partial charge in [0.15, 0.2) is 0 Å². The van der Waals surface area contributed by atoms with Gasteiger partial charge in [0.05, 0.1) is 30.8 Å². The van der Waals surface area contributed by atoms with Crippen molar-refractivity contribution in [2.24, 2.45) is 0 Å². The van der Waals surface area contributed by atoms with Crippen molar-refractivity contribution in [3.63, 3.8) is 0 Å². The molecule has 3 aromatic carbocycles. The summed E-state index contributed by atoms with van der Waals surface area (Å²) in [6.07, 6.45) is -4.66. The van der Waals surface area contributed by atoms with Gasteiger partial charge in [-0.15, -0.1) is 0 Å². The molecule has 2 aliphatic heterocycles. The molecule has 44 heavy (non-hydrogen) atoms. The van der Waals surface area contributed by atoms with E-state index < -0.39 is 23.7 Å². The fourth-order valence-electron chi connectivity index (χ4n) is 5.46. The number of hydrogen-bond donors (Lipinski definition) is 1. The summed E-state index contributed by atoms with van der Waals surface area (Å²) in [4.78, 5) is 45.4. The van der Waals surface area contributed by atoms with Gasteiger partial charge in [-0.05, 0) is 36.4 Å². The standard InChI is InChI=1S/C32H33F3N4O5/c1-43-27-10-6-5-9-23(27)18-37-14-13-36-30(41)26-17-24(32(33,34)35)11-12-28(26)44-21-25-19-38(15-16-39(25)29(40)20-37)31(42)22-7-3-2-4-8-22/h2-12,17,25H,13-16,18-21H2,1H3,(H,36,41)/t25-/m0/s1. The predicted octanol–water partition coefficient (Wildman–Crippen LogP) is 3.69. The molecule has 1 fully saturated rings. The largest absolute Gasteiger partial charge is 0.496 e. The zero-order valence-corrected chi connectivity index (χ0v) is 24.2. The normalized spacial score (nSPS) is 18.5. The summed E-state index contributed by atoms with van der Waals surface area (Å²) in [5.74, 6) is -0.527. The maximum atomic E-state index is 13.8. The number of rotatable bonds is 4. The van der Waals surface area contributed by atoms with Gasteiger partial charge in [0.1, 0.15) is 18.1 Å². The second-order valence-corrected chi connectivity index (χ2v) is 10.7. The van der Waals surface area contributed by atoms with Gasteiger partial charge in [0.25, 0.3) is 11.8 Å². The molecule has 0 saturated carbocycles. The van der Waals surface area contributed by atoms with Gasteiger partial charge >= 0.3 is 6.18 Å². The van der Waals surface area contributed by atoms with E-state index in [0.717, 1.165) is 23.8 Å². The number of nitrogens with one attached hydrogen (secondary N) is 1. The molecule has 0 radical (unpaired) electrons. The second-order valence-electron chi connectivity index (χ2n) is 10.7. The zero-order valence-electron chi connectivity index (χ0n) is 24.2. The molecule has 2 heterocycles. The van der Waals surface area contributed by atoms with Gasteiger partial charge in [-0.2, -0.15) is 13.2 Å². The second kappa shape index (κ2) is 13.4. The number of methoxy groups -OCH3 is 1. The summed E-state index contributed by atoms with van der Waals surface area (Å²) in [6.45, 7) is 1.19. The molecule has 5 rings (SSSR count). The third-order valence-electron chi connectivity index (χ3n) is 7.75. The van der Waals surface area contributed by atoms with Gasteiger partial charge < -0.3 is 24.6 Å². The molecule has 1 N–H and O–H groups in total. The van der Waals surface area contributed by atoms with Crippen molar-refractivity contribution in [1.82, 2.24) is 20.0 Å². The third kappa shape index (κ3) is 7.13. The molecule has 0 bridgehead atoms. The smallest absolute Gasteiger partial charge is 0.416 e. The molecular formula is C32H33F3N4O5. The molecule has 9 nitrogen and oxygen atoms in total. The first kappa shape index (κ1) is 30.9. The molecule has 3 aromatic rings. The van der Waals surface area contributed by atoms with E-state index >= 15 is 0 Å². The van der Waals surface area contributed by atoms with Gasteiger partial charge in [-0.3, -0.25) is 19.3 Å². The molecule has 12 heteroatoms. The Kier molecular flexibility index (Phi) is 9.38. The molecule has 2 aliphatic rings. The van der Waals surface area contributed by atoms with E-state index in [1.54, 1.807) is 41.2 Å². The summed E-state index contributed by atoms with van der Waals surface area (Å²) in [5, 5.41) is 2.68. The Morgan fingerprint density at radius 3 is 2.50 bits per heavy atom. The lowest BCUT2D eigenvalue weighted by atomic mass is 10.1. The number of carbonyl (C=O) groups is 3. The van der Waals surface area contributed by atoms with E-state index in [2.05, 4.69) is 5.32 Å². The fourth-order valence-corrected chi connectivity index (χ4v) is 5.46. The molecule has 0 aromatic heterocycles. The molecule has 0 unspecified atom stereocenters. The lowest BCUT2D eigenvalue weighted by molar-refractivity contribution is -0.138. The number of fused-ring (bicyclic) bond motifs is 2. The van der Waals surface area contributed by atoms with Crippen LogP contribution in [0.5, 0.6) is 11.5 Å². The zero-order chi connectivity index (χ0) is 31.3. The number of nitrogens with zero attached hydrogens (tertiary/aromatic N) is 3. The highest BCUT2D eigenvalue weighted by molar-refractivity contribution is 5.97. The average molecular weight is 611 g/mol. The van der Waals surface area contributed by atoms with Gasteiger partial charge in [0, 0.05) is 50.4 Å². The van der Waals surface area contributed by atoms with Crippen molar-refractivity contribution >= 4 is 17.7 Å². The Bertz CT molecular complexity index is 1500. The number of amides is 3. The van der Waals surface area contributed by atoms with E-state index in [9.17, 15) is 27.6 Å². The monoisotopic (exact) mass is 610 g/mol. The lowest BCUT2D eigenvalue weighted by Crippen LogP contribution is -2.60. The van der Waals surface area contributed by atoms with Gasteiger partial charge in [-0.25, -0.2) is 0 Å². The van der Waals surface area contributed by atoms with Crippen LogP contribution in [0.15, 0.2) is 72.8 Å². The summed E-state index contributed by atoms with van der Waals surface area (Å²) >= 11 is 0. The number of carbonyl (C=O) groups excluding carboxylic acids is 3. The first-order valence-electron chi connectivity index (χ1n) is 14.2. The lowest BCUT2D eigenvalue weighted by Gasteiger charge is -2.42. The maximum absolute atomic E-state index is 13.8. The number of para-hydroxylation sites is 1. The number of ether oxygens (including phenoxy) is 2. The molecule has 3 amide bonds. The minimum absolute atomic E-state index is 0.00220. The Morgan fingerprint density at radius 1 is 1.00 bits per heavy atom. The van der Waals surface area contributed by atoms with Crippen LogP contribution in [0.2, 0.25) is 0 Å². The number of halogens is 3. The van der Waals surface area contributed by atoms with Crippen LogP contribution in [0, 0.1) is 0 Å². The Balaban J connectivity index is 1.46. The van der Waals surface area contributed by atoms with Crippen LogP contribution in [-0.4, -0.2) is 91.4 Å². The van der Waals surface area contributed by atoms with E-state index in [-0.39, 0.29) is 62.5 Å². The van der Waals surface area contributed by atoms with Crippen molar-refractivity contribution < 1.29 is 37.0 Å². The quantitative estimate of drug-likeness (QED) is 0.485. The maximum Gasteiger partial charge on any atom is 0.416 e. The highest BCUT2D eigenvalue weighted by atomic mass is 19.4. The molecule has 232 valence electrons. The molecule has 0 aliphatic carbocycles. The molecule has 1 atom stereocenters. The molecular weight excluding hydrogens is 577 g/mol. The van der Waals surface area contributed by atoms with Gasteiger partial charge in [-0.1, -0.05) is 36.4 Å². The summed E-state index contributed by atoms with van der Waals surface area (Å²) < 4.78 is 52.1. The number of piperazine rings is 1. The minimum Gasteiger partial charge on any atom is -0.496 e. The first-order valence-corrected chi connectivity index (χ1v) is 14.2. The van der Waals surface area contributed by atoms with E-state index in [1.165, 1.54) is 0 Å². The SMILES string of the molecule is COc1ccccc1CN1CCNC(=O)c2cc(C(F)(F)F)ccc2OC[C@@H]2CN(C(=O)c3ccccc3)CCN2C(=O)C1. The number of alkyl halides is 3. The van der Waals surface area contributed by atoms with E-state index in [0.29, 0.717) is 24.4 Å². The van der Waals surface area contributed by atoms with Crippen molar-refractivity contribution in [1.29, 1.82) is 0 Å².